The number of fused-ring (bicyclic) bond motifs is 12. The van der Waals surface area contributed by atoms with Crippen LogP contribution in [-0.4, -0.2) is 35.1 Å². The number of benzene rings is 4. The lowest BCUT2D eigenvalue weighted by Gasteiger charge is -2.10. The average molecular weight is 508 g/mol. The number of pyridine rings is 1. The van der Waals surface area contributed by atoms with Crippen LogP contribution in [0.5, 0.6) is 0 Å². The van der Waals surface area contributed by atoms with Gasteiger partial charge in [-0.2, -0.15) is 10.2 Å². The van der Waals surface area contributed by atoms with E-state index in [2.05, 4.69) is 83.4 Å². The zero-order chi connectivity index (χ0) is 26.2. The van der Waals surface area contributed by atoms with E-state index >= 15 is 0 Å². The number of imidazole rings is 2. The highest BCUT2D eigenvalue weighted by atomic mass is 15.1. The van der Waals surface area contributed by atoms with Crippen LogP contribution in [0.3, 0.4) is 0 Å². The van der Waals surface area contributed by atoms with Gasteiger partial charge < -0.3 is 9.97 Å². The van der Waals surface area contributed by atoms with Crippen LogP contribution in [0.25, 0.3) is 76.4 Å². The predicted molar refractivity (Wildman–Crippen MR) is 158 cm³/mol. The summed E-state index contributed by atoms with van der Waals surface area (Å²) in [5.41, 5.74) is 7.28. The molecule has 0 saturated heterocycles. The van der Waals surface area contributed by atoms with Gasteiger partial charge in [0.2, 0.25) is 0 Å². The first-order valence-electron chi connectivity index (χ1n) is 13.4. The molecule has 4 aromatic heterocycles. The summed E-state index contributed by atoms with van der Waals surface area (Å²) in [6.45, 7) is 6.43. The van der Waals surface area contributed by atoms with Gasteiger partial charge in [0.05, 0.1) is 40.0 Å². The van der Waals surface area contributed by atoms with Crippen molar-refractivity contribution in [2.45, 2.75) is 33.1 Å². The summed E-state index contributed by atoms with van der Waals surface area (Å²) in [5, 5.41) is 16.0. The predicted octanol–water partition coefficient (Wildman–Crippen LogP) is 7.59. The van der Waals surface area contributed by atoms with Gasteiger partial charge >= 0.3 is 0 Å². The number of aromatic nitrogens is 7. The standard InChI is InChI=1S/C32H25N7/c1-4-26-36-28-19-9-7-17(12-22(19)24-14-34-35-15-25(24)31(28)37-26)18-8-10-20-23(13-18)27-21(6-5-11-33-27)30-29(20)38-32(39-30)16(2)3/h5-16H,4H2,1-3H3,(H,36,37)(H,38,39). The molecule has 4 aromatic carbocycles. The molecule has 8 aromatic rings. The summed E-state index contributed by atoms with van der Waals surface area (Å²) >= 11 is 0. The van der Waals surface area contributed by atoms with Crippen LogP contribution < -0.4 is 0 Å². The summed E-state index contributed by atoms with van der Waals surface area (Å²) in [6.07, 6.45) is 6.37. The molecule has 0 bridgehead atoms. The van der Waals surface area contributed by atoms with Gasteiger partial charge in [0.15, 0.2) is 0 Å². The lowest BCUT2D eigenvalue weighted by atomic mass is 9.95. The van der Waals surface area contributed by atoms with Crippen LogP contribution in [0.2, 0.25) is 0 Å². The Hall–Kier alpha value is -4.91. The molecule has 7 nitrogen and oxygen atoms in total. The molecule has 0 spiro atoms. The number of hydrogen-bond acceptors (Lipinski definition) is 5. The molecule has 8 rings (SSSR count). The first kappa shape index (κ1) is 22.1. The molecule has 0 aliphatic rings. The van der Waals surface area contributed by atoms with E-state index in [0.717, 1.165) is 94.5 Å². The van der Waals surface area contributed by atoms with Gasteiger partial charge in [-0.25, -0.2) is 9.97 Å². The highest BCUT2D eigenvalue weighted by Gasteiger charge is 2.17. The van der Waals surface area contributed by atoms with Crippen molar-refractivity contribution in [2.75, 3.05) is 0 Å². The van der Waals surface area contributed by atoms with Gasteiger partial charge in [-0.3, -0.25) is 4.98 Å². The maximum Gasteiger partial charge on any atom is 0.109 e. The van der Waals surface area contributed by atoms with Gasteiger partial charge in [-0.05, 0) is 40.8 Å². The summed E-state index contributed by atoms with van der Waals surface area (Å²) in [7, 11) is 0. The molecule has 4 heterocycles. The van der Waals surface area contributed by atoms with E-state index in [-0.39, 0.29) is 0 Å². The summed E-state index contributed by atoms with van der Waals surface area (Å²) < 4.78 is 0. The third kappa shape index (κ3) is 3.13. The van der Waals surface area contributed by atoms with E-state index in [0.29, 0.717) is 5.92 Å². The van der Waals surface area contributed by atoms with Gasteiger partial charge in [-0.15, -0.1) is 0 Å². The van der Waals surface area contributed by atoms with Gasteiger partial charge in [0, 0.05) is 50.9 Å². The zero-order valence-electron chi connectivity index (χ0n) is 21.9. The number of hydrogen-bond donors (Lipinski definition) is 2. The third-order valence-corrected chi connectivity index (χ3v) is 7.86. The van der Waals surface area contributed by atoms with E-state index in [4.69, 9.17) is 15.0 Å². The quantitative estimate of drug-likeness (QED) is 0.240. The molecule has 7 heteroatoms. The molecule has 0 radical (unpaired) electrons. The smallest absolute Gasteiger partial charge is 0.109 e. The van der Waals surface area contributed by atoms with E-state index in [9.17, 15) is 0 Å². The first-order valence-corrected chi connectivity index (χ1v) is 13.4. The van der Waals surface area contributed by atoms with Crippen LogP contribution in [-0.2, 0) is 6.42 Å². The third-order valence-electron chi connectivity index (χ3n) is 7.86. The molecule has 39 heavy (non-hydrogen) atoms. The number of rotatable bonds is 3. The van der Waals surface area contributed by atoms with E-state index < -0.39 is 0 Å². The Morgan fingerprint density at radius 3 is 2.13 bits per heavy atom. The van der Waals surface area contributed by atoms with Crippen LogP contribution >= 0.6 is 0 Å². The van der Waals surface area contributed by atoms with Crippen molar-refractivity contribution in [2.24, 2.45) is 0 Å². The molecular formula is C32H25N7. The van der Waals surface area contributed by atoms with Crippen molar-refractivity contribution in [3.63, 3.8) is 0 Å². The largest absolute Gasteiger partial charge is 0.341 e. The Balaban J connectivity index is 1.41. The second-order valence-electron chi connectivity index (χ2n) is 10.5. The number of nitrogens with zero attached hydrogens (tertiary/aromatic N) is 5. The van der Waals surface area contributed by atoms with Crippen molar-refractivity contribution >= 4 is 65.3 Å². The summed E-state index contributed by atoms with van der Waals surface area (Å²) in [4.78, 5) is 21.7. The van der Waals surface area contributed by atoms with Crippen LogP contribution in [0.4, 0.5) is 0 Å². The number of H-pyrrole nitrogens is 2. The highest BCUT2D eigenvalue weighted by Crippen LogP contribution is 2.38. The summed E-state index contributed by atoms with van der Waals surface area (Å²) in [6, 6.07) is 17.4. The Labute approximate surface area is 223 Å². The molecular weight excluding hydrogens is 482 g/mol. The van der Waals surface area contributed by atoms with E-state index in [1.54, 1.807) is 0 Å². The molecule has 0 aliphatic heterocycles. The summed E-state index contributed by atoms with van der Waals surface area (Å²) in [5.74, 6) is 2.28. The fourth-order valence-corrected chi connectivity index (χ4v) is 5.87. The van der Waals surface area contributed by atoms with Crippen molar-refractivity contribution in [1.82, 2.24) is 35.1 Å². The Morgan fingerprint density at radius 2 is 1.36 bits per heavy atom. The van der Waals surface area contributed by atoms with Gasteiger partial charge in [0.25, 0.3) is 0 Å². The minimum absolute atomic E-state index is 0.310. The highest BCUT2D eigenvalue weighted by molar-refractivity contribution is 6.24. The van der Waals surface area contributed by atoms with Crippen molar-refractivity contribution < 1.29 is 0 Å². The fraction of sp³-hybridized carbons (Fsp3) is 0.156. The SMILES string of the molecule is CCc1nc2c3cnncc3c3cc(-c4ccc5c(c4)c4ncccc4c4nc(C(C)C)[nH]c54)ccc3c2[nH]1. The minimum atomic E-state index is 0.310. The molecule has 0 unspecified atom stereocenters. The maximum absolute atomic E-state index is 4.95. The monoisotopic (exact) mass is 507 g/mol. The van der Waals surface area contributed by atoms with Crippen LogP contribution in [0.15, 0.2) is 67.1 Å². The normalized spacial score (nSPS) is 12.3. The van der Waals surface area contributed by atoms with Gasteiger partial charge in [0.1, 0.15) is 11.6 Å². The zero-order valence-corrected chi connectivity index (χ0v) is 21.9. The second-order valence-corrected chi connectivity index (χ2v) is 10.5. The van der Waals surface area contributed by atoms with E-state index in [1.165, 1.54) is 0 Å². The van der Waals surface area contributed by atoms with Crippen molar-refractivity contribution in [1.29, 1.82) is 0 Å². The van der Waals surface area contributed by atoms with Crippen molar-refractivity contribution in [3.8, 4) is 11.1 Å². The molecule has 188 valence electrons. The Kier molecular flexibility index (Phi) is 4.56. The lowest BCUT2D eigenvalue weighted by molar-refractivity contribution is 0.799. The first-order chi connectivity index (χ1) is 19.1. The number of aromatic amines is 2. The molecule has 0 atom stereocenters. The average Bonchev–Trinajstić information content (AvgIpc) is 3.63. The Bertz CT molecular complexity index is 2260. The second kappa shape index (κ2) is 8.04. The van der Waals surface area contributed by atoms with Gasteiger partial charge in [-0.1, -0.05) is 45.0 Å². The van der Waals surface area contributed by atoms with Crippen molar-refractivity contribution in [3.05, 3.63) is 78.8 Å². The fourth-order valence-electron chi connectivity index (χ4n) is 5.87. The molecule has 0 fully saturated rings. The lowest BCUT2D eigenvalue weighted by Crippen LogP contribution is -1.88. The number of nitrogens with one attached hydrogen (secondary N) is 2. The maximum atomic E-state index is 4.95. The molecule has 0 amide bonds. The van der Waals surface area contributed by atoms with Crippen LogP contribution in [0, 0.1) is 0 Å². The minimum Gasteiger partial charge on any atom is -0.341 e. The molecule has 0 aliphatic carbocycles. The topological polar surface area (TPSA) is 96.0 Å². The number of aryl methyl sites for hydroxylation is 1. The van der Waals surface area contributed by atoms with Crippen LogP contribution in [0.1, 0.15) is 38.3 Å². The molecule has 0 saturated carbocycles. The molecule has 2 N–H and O–H groups in total. The Morgan fingerprint density at radius 1 is 0.667 bits per heavy atom. The van der Waals surface area contributed by atoms with E-state index in [1.807, 2.05) is 24.7 Å².